The van der Waals surface area contributed by atoms with Crippen molar-refractivity contribution in [1.29, 1.82) is 0 Å². The van der Waals surface area contributed by atoms with Crippen molar-refractivity contribution in [3.8, 4) is 5.88 Å². The van der Waals surface area contributed by atoms with Crippen LogP contribution in [0.3, 0.4) is 0 Å². The van der Waals surface area contributed by atoms with Crippen LogP contribution in [0.5, 0.6) is 5.88 Å². The molecule has 2 aromatic heterocycles. The van der Waals surface area contributed by atoms with Crippen molar-refractivity contribution in [3.05, 3.63) is 18.6 Å². The molecule has 3 heterocycles. The van der Waals surface area contributed by atoms with Crippen LogP contribution >= 0.6 is 0 Å². The average Bonchev–Trinajstić information content (AvgIpc) is 3.06. The number of anilines is 1. The van der Waals surface area contributed by atoms with Crippen molar-refractivity contribution in [2.24, 2.45) is 0 Å². The van der Waals surface area contributed by atoms with E-state index >= 15 is 0 Å². The molecule has 0 saturated carbocycles. The summed E-state index contributed by atoms with van der Waals surface area (Å²) >= 11 is 0. The number of rotatable bonds is 5. The van der Waals surface area contributed by atoms with E-state index in [0.29, 0.717) is 12.5 Å². The second kappa shape index (κ2) is 5.44. The number of nitrogens with one attached hydrogen (secondary N) is 1. The minimum atomic E-state index is 0.0782. The fraction of sp³-hybridized carbons (Fsp3) is 0.538. The van der Waals surface area contributed by atoms with E-state index in [9.17, 15) is 0 Å². The van der Waals surface area contributed by atoms with E-state index in [0.717, 1.165) is 37.5 Å². The molecular formula is C13H18N4O2. The Morgan fingerprint density at radius 3 is 3.32 bits per heavy atom. The summed E-state index contributed by atoms with van der Waals surface area (Å²) in [5.74, 6) is 1.38. The highest BCUT2D eigenvalue weighted by Crippen LogP contribution is 2.22. The van der Waals surface area contributed by atoms with E-state index in [1.165, 1.54) is 0 Å². The Balaban J connectivity index is 1.88. The topological polar surface area (TPSA) is 60.7 Å². The van der Waals surface area contributed by atoms with Gasteiger partial charge in [-0.05, 0) is 6.42 Å². The SMILES string of the molecule is CCCNc1cn2ccnc2c(OC2CCOC2)n1. The normalized spacial score (nSPS) is 18.9. The number of fused-ring (bicyclic) bond motifs is 1. The minimum Gasteiger partial charge on any atom is -0.469 e. The summed E-state index contributed by atoms with van der Waals surface area (Å²) in [5.41, 5.74) is 0.744. The lowest BCUT2D eigenvalue weighted by Crippen LogP contribution is -2.17. The summed E-state index contributed by atoms with van der Waals surface area (Å²) < 4.78 is 13.2. The molecule has 1 N–H and O–H groups in total. The molecule has 0 spiro atoms. The molecule has 1 aliphatic rings. The second-order valence-corrected chi connectivity index (χ2v) is 4.62. The standard InChI is InChI=1S/C13H18N4O2/c1-2-4-14-11-8-17-6-5-15-12(17)13(16-11)19-10-3-7-18-9-10/h5-6,8,10,14H,2-4,7,9H2,1H3. The Hall–Kier alpha value is -1.82. The van der Waals surface area contributed by atoms with Crippen LogP contribution in [-0.4, -0.2) is 40.2 Å². The first-order valence-electron chi connectivity index (χ1n) is 6.69. The van der Waals surface area contributed by atoms with Crippen LogP contribution in [0, 0.1) is 0 Å². The Morgan fingerprint density at radius 1 is 1.58 bits per heavy atom. The Bertz CT molecular complexity index is 549. The first kappa shape index (κ1) is 12.2. The van der Waals surface area contributed by atoms with Gasteiger partial charge in [0.1, 0.15) is 11.9 Å². The maximum Gasteiger partial charge on any atom is 0.260 e. The maximum atomic E-state index is 5.91. The fourth-order valence-corrected chi connectivity index (χ4v) is 2.08. The summed E-state index contributed by atoms with van der Waals surface area (Å²) in [7, 11) is 0. The van der Waals surface area contributed by atoms with Gasteiger partial charge in [0.05, 0.1) is 19.4 Å². The van der Waals surface area contributed by atoms with Crippen molar-refractivity contribution >= 4 is 11.5 Å². The predicted octanol–water partition coefficient (Wildman–Crippen LogP) is 1.72. The van der Waals surface area contributed by atoms with E-state index in [1.807, 2.05) is 16.8 Å². The zero-order valence-corrected chi connectivity index (χ0v) is 11.0. The monoisotopic (exact) mass is 262 g/mol. The van der Waals surface area contributed by atoms with Crippen LogP contribution in [0.2, 0.25) is 0 Å². The highest BCUT2D eigenvalue weighted by Gasteiger charge is 2.20. The number of nitrogens with zero attached hydrogens (tertiary/aromatic N) is 3. The van der Waals surface area contributed by atoms with Gasteiger partial charge in [-0.15, -0.1) is 0 Å². The molecule has 0 aromatic carbocycles. The number of ether oxygens (including phenoxy) is 2. The molecule has 6 nitrogen and oxygen atoms in total. The van der Waals surface area contributed by atoms with E-state index < -0.39 is 0 Å². The Kier molecular flexibility index (Phi) is 3.50. The van der Waals surface area contributed by atoms with E-state index in [1.54, 1.807) is 6.20 Å². The third kappa shape index (κ3) is 2.63. The van der Waals surface area contributed by atoms with Gasteiger partial charge in [0.15, 0.2) is 0 Å². The highest BCUT2D eigenvalue weighted by atomic mass is 16.5. The molecule has 1 aliphatic heterocycles. The van der Waals surface area contributed by atoms with Crippen molar-refractivity contribution in [3.63, 3.8) is 0 Å². The molecule has 0 aliphatic carbocycles. The molecule has 1 saturated heterocycles. The molecule has 3 rings (SSSR count). The van der Waals surface area contributed by atoms with Crippen LogP contribution in [-0.2, 0) is 4.74 Å². The van der Waals surface area contributed by atoms with Gasteiger partial charge in [0.2, 0.25) is 5.65 Å². The minimum absolute atomic E-state index is 0.0782. The van der Waals surface area contributed by atoms with Gasteiger partial charge in [-0.2, -0.15) is 4.98 Å². The number of imidazole rings is 1. The van der Waals surface area contributed by atoms with Crippen LogP contribution < -0.4 is 10.1 Å². The number of hydrogen-bond acceptors (Lipinski definition) is 5. The van der Waals surface area contributed by atoms with Gasteiger partial charge in [0, 0.05) is 25.4 Å². The molecule has 1 unspecified atom stereocenters. The van der Waals surface area contributed by atoms with Crippen molar-refractivity contribution < 1.29 is 9.47 Å². The van der Waals surface area contributed by atoms with Gasteiger partial charge in [0.25, 0.3) is 5.88 Å². The van der Waals surface area contributed by atoms with E-state index in [-0.39, 0.29) is 6.10 Å². The van der Waals surface area contributed by atoms with Crippen molar-refractivity contribution in [2.45, 2.75) is 25.9 Å². The maximum absolute atomic E-state index is 5.91. The molecule has 1 fully saturated rings. The molecule has 6 heteroatoms. The van der Waals surface area contributed by atoms with Gasteiger partial charge in [-0.3, -0.25) is 4.40 Å². The Labute approximate surface area is 111 Å². The summed E-state index contributed by atoms with van der Waals surface area (Å²) in [5, 5.41) is 3.27. The van der Waals surface area contributed by atoms with Crippen LogP contribution in [0.4, 0.5) is 5.82 Å². The lowest BCUT2D eigenvalue weighted by molar-refractivity contribution is 0.139. The third-order valence-corrected chi connectivity index (χ3v) is 3.07. The van der Waals surface area contributed by atoms with Crippen molar-refractivity contribution in [2.75, 3.05) is 25.1 Å². The van der Waals surface area contributed by atoms with Gasteiger partial charge in [-0.1, -0.05) is 6.92 Å². The molecule has 19 heavy (non-hydrogen) atoms. The highest BCUT2D eigenvalue weighted by molar-refractivity contribution is 5.53. The zero-order valence-electron chi connectivity index (χ0n) is 11.0. The van der Waals surface area contributed by atoms with Gasteiger partial charge >= 0.3 is 0 Å². The summed E-state index contributed by atoms with van der Waals surface area (Å²) in [6.07, 6.45) is 7.60. The molecule has 0 bridgehead atoms. The summed E-state index contributed by atoms with van der Waals surface area (Å²) in [6.45, 7) is 4.39. The average molecular weight is 262 g/mol. The predicted molar refractivity (Wildman–Crippen MR) is 71.6 cm³/mol. The number of hydrogen-bond donors (Lipinski definition) is 1. The largest absolute Gasteiger partial charge is 0.469 e. The van der Waals surface area contributed by atoms with E-state index in [2.05, 4.69) is 22.2 Å². The first-order chi connectivity index (χ1) is 9.36. The molecule has 0 amide bonds. The fourth-order valence-electron chi connectivity index (χ4n) is 2.08. The van der Waals surface area contributed by atoms with E-state index in [4.69, 9.17) is 9.47 Å². The molecule has 102 valence electrons. The van der Waals surface area contributed by atoms with Crippen LogP contribution in [0.1, 0.15) is 19.8 Å². The quantitative estimate of drug-likeness (QED) is 0.889. The lowest BCUT2D eigenvalue weighted by Gasteiger charge is -2.13. The summed E-state index contributed by atoms with van der Waals surface area (Å²) in [4.78, 5) is 8.79. The second-order valence-electron chi connectivity index (χ2n) is 4.62. The molecule has 0 radical (unpaired) electrons. The summed E-state index contributed by atoms with van der Waals surface area (Å²) in [6, 6.07) is 0. The molecule has 2 aromatic rings. The van der Waals surface area contributed by atoms with Crippen LogP contribution in [0.15, 0.2) is 18.6 Å². The molecule has 1 atom stereocenters. The Morgan fingerprint density at radius 2 is 2.53 bits per heavy atom. The van der Waals surface area contributed by atoms with Crippen molar-refractivity contribution in [1.82, 2.24) is 14.4 Å². The van der Waals surface area contributed by atoms with Gasteiger partial charge in [-0.25, -0.2) is 4.98 Å². The third-order valence-electron chi connectivity index (χ3n) is 3.07. The zero-order chi connectivity index (χ0) is 13.1. The van der Waals surface area contributed by atoms with Gasteiger partial charge < -0.3 is 14.8 Å². The lowest BCUT2D eigenvalue weighted by atomic mass is 10.3. The molecular weight excluding hydrogens is 244 g/mol. The first-order valence-corrected chi connectivity index (χ1v) is 6.69. The van der Waals surface area contributed by atoms with Crippen LogP contribution in [0.25, 0.3) is 5.65 Å². The smallest absolute Gasteiger partial charge is 0.260 e. The number of aromatic nitrogens is 3.